The summed E-state index contributed by atoms with van der Waals surface area (Å²) in [6.45, 7) is 0.993. The molecule has 4 N–H and O–H groups in total. The van der Waals surface area contributed by atoms with E-state index in [0.29, 0.717) is 24.1 Å². The molecule has 0 bridgehead atoms. The van der Waals surface area contributed by atoms with Crippen LogP contribution in [0, 0.1) is 0 Å². The van der Waals surface area contributed by atoms with E-state index in [2.05, 4.69) is 9.97 Å². The Hall–Kier alpha value is -2.17. The number of sulfonamides is 1. The van der Waals surface area contributed by atoms with Crippen molar-refractivity contribution in [1.82, 2.24) is 19.2 Å². The smallest absolute Gasteiger partial charge is 0.323 e. The van der Waals surface area contributed by atoms with Crippen LogP contribution in [0.3, 0.4) is 0 Å². The summed E-state index contributed by atoms with van der Waals surface area (Å²) in [5.74, 6) is -0.187. The Morgan fingerprint density at radius 2 is 1.78 bits per heavy atom. The van der Waals surface area contributed by atoms with Crippen LogP contribution < -0.4 is 11.4 Å². The Balaban J connectivity index is 1.83. The lowest BCUT2D eigenvalue weighted by molar-refractivity contribution is -0.130. The molecule has 1 aliphatic rings. The third-order valence-corrected chi connectivity index (χ3v) is 5.79. The van der Waals surface area contributed by atoms with Crippen molar-refractivity contribution in [3.63, 3.8) is 0 Å². The molecule has 1 aromatic heterocycles. The predicted molar refractivity (Wildman–Crippen MR) is 83.3 cm³/mol. The molecule has 1 amide bonds. The predicted octanol–water partition coefficient (Wildman–Crippen LogP) is -1.35. The van der Waals surface area contributed by atoms with E-state index in [4.69, 9.17) is 5.73 Å². The average Bonchev–Trinajstić information content (AvgIpc) is 2.93. The van der Waals surface area contributed by atoms with Crippen molar-refractivity contribution in [3.8, 4) is 0 Å². The van der Waals surface area contributed by atoms with Crippen molar-refractivity contribution < 1.29 is 13.2 Å². The first-order valence-corrected chi connectivity index (χ1v) is 8.56. The van der Waals surface area contributed by atoms with Crippen LogP contribution >= 0.6 is 0 Å². The van der Waals surface area contributed by atoms with E-state index in [-0.39, 0.29) is 36.1 Å². The molecule has 1 aliphatic heterocycles. The molecule has 0 unspecified atom stereocenters. The Labute approximate surface area is 132 Å². The molecule has 0 spiro atoms. The molecule has 0 aliphatic carbocycles. The molecule has 9 nitrogen and oxygen atoms in total. The molecular formula is C13H17N5O4S. The summed E-state index contributed by atoms with van der Waals surface area (Å²) in [7, 11) is -3.67. The average molecular weight is 339 g/mol. The van der Waals surface area contributed by atoms with Crippen LogP contribution in [0.25, 0.3) is 11.0 Å². The molecular weight excluding hydrogens is 322 g/mol. The van der Waals surface area contributed by atoms with Crippen molar-refractivity contribution in [3.05, 3.63) is 28.7 Å². The lowest BCUT2D eigenvalue weighted by Gasteiger charge is -2.33. The van der Waals surface area contributed by atoms with Crippen molar-refractivity contribution in [2.24, 2.45) is 5.73 Å². The number of aromatic nitrogens is 2. The Kier molecular flexibility index (Phi) is 3.96. The van der Waals surface area contributed by atoms with Gasteiger partial charge in [0, 0.05) is 26.2 Å². The molecule has 124 valence electrons. The Morgan fingerprint density at radius 3 is 2.43 bits per heavy atom. The molecule has 0 radical (unpaired) electrons. The summed E-state index contributed by atoms with van der Waals surface area (Å²) < 4.78 is 26.7. The first-order valence-electron chi connectivity index (χ1n) is 7.12. The lowest BCUT2D eigenvalue weighted by atomic mass is 10.3. The fourth-order valence-electron chi connectivity index (χ4n) is 2.63. The van der Waals surface area contributed by atoms with Crippen molar-refractivity contribution in [2.75, 3.05) is 32.7 Å². The monoisotopic (exact) mass is 339 g/mol. The Morgan fingerprint density at radius 1 is 1.13 bits per heavy atom. The topological polar surface area (TPSA) is 132 Å². The van der Waals surface area contributed by atoms with Gasteiger partial charge in [0.2, 0.25) is 15.9 Å². The van der Waals surface area contributed by atoms with Crippen molar-refractivity contribution >= 4 is 27.0 Å². The van der Waals surface area contributed by atoms with Gasteiger partial charge in [0.25, 0.3) is 0 Å². The van der Waals surface area contributed by atoms with Gasteiger partial charge in [-0.15, -0.1) is 0 Å². The zero-order valence-electron chi connectivity index (χ0n) is 12.3. The highest BCUT2D eigenvalue weighted by atomic mass is 32.2. The van der Waals surface area contributed by atoms with E-state index in [1.54, 1.807) is 11.0 Å². The van der Waals surface area contributed by atoms with Crippen LogP contribution in [0.1, 0.15) is 0 Å². The number of rotatable bonds is 3. The van der Waals surface area contributed by atoms with Gasteiger partial charge in [0.15, 0.2) is 0 Å². The minimum absolute atomic E-state index is 0.0791. The number of carbonyl (C=O) groups is 1. The molecule has 10 heteroatoms. The number of nitrogens with two attached hydrogens (primary N) is 1. The summed E-state index contributed by atoms with van der Waals surface area (Å²) in [5, 5.41) is 0. The normalized spacial score (nSPS) is 16.8. The summed E-state index contributed by atoms with van der Waals surface area (Å²) in [4.78, 5) is 29.6. The minimum atomic E-state index is -3.67. The highest BCUT2D eigenvalue weighted by Crippen LogP contribution is 2.20. The molecule has 23 heavy (non-hydrogen) atoms. The summed E-state index contributed by atoms with van der Waals surface area (Å²) in [5.41, 5.74) is 5.91. The third-order valence-electron chi connectivity index (χ3n) is 3.89. The van der Waals surface area contributed by atoms with Crippen LogP contribution in [-0.4, -0.2) is 66.2 Å². The fourth-order valence-corrected chi connectivity index (χ4v) is 4.08. The molecule has 1 fully saturated rings. The maximum atomic E-state index is 12.7. The number of aromatic amines is 2. The van der Waals surface area contributed by atoms with Gasteiger partial charge < -0.3 is 20.6 Å². The number of amides is 1. The highest BCUT2D eigenvalue weighted by Gasteiger charge is 2.29. The van der Waals surface area contributed by atoms with E-state index < -0.39 is 10.0 Å². The molecule has 3 rings (SSSR count). The molecule has 1 aromatic carbocycles. The maximum Gasteiger partial charge on any atom is 0.323 e. The number of nitrogens with zero attached hydrogens (tertiary/aromatic N) is 2. The Bertz CT molecular complexity index is 892. The van der Waals surface area contributed by atoms with E-state index in [1.807, 2.05) is 0 Å². The van der Waals surface area contributed by atoms with Gasteiger partial charge in [-0.05, 0) is 18.2 Å². The van der Waals surface area contributed by atoms with Gasteiger partial charge in [-0.25, -0.2) is 13.2 Å². The number of nitrogens with one attached hydrogen (secondary N) is 2. The van der Waals surface area contributed by atoms with Gasteiger partial charge in [0.05, 0.1) is 22.5 Å². The molecule has 2 heterocycles. The second kappa shape index (κ2) is 5.80. The quantitative estimate of drug-likeness (QED) is 0.636. The van der Waals surface area contributed by atoms with E-state index in [0.717, 1.165) is 0 Å². The maximum absolute atomic E-state index is 12.7. The van der Waals surface area contributed by atoms with E-state index in [9.17, 15) is 18.0 Å². The molecule has 2 aromatic rings. The standard InChI is InChI=1S/C13H17N5O4S/c14-8-12(19)17-3-5-18(6-4-17)23(21,22)9-1-2-10-11(7-9)16-13(20)15-10/h1-2,7H,3-6,8,14H2,(H2,15,16,20). The summed E-state index contributed by atoms with van der Waals surface area (Å²) in [6, 6.07) is 4.44. The number of hydrogen-bond acceptors (Lipinski definition) is 5. The largest absolute Gasteiger partial charge is 0.339 e. The van der Waals surface area contributed by atoms with Gasteiger partial charge in [-0.2, -0.15) is 4.31 Å². The van der Waals surface area contributed by atoms with Crippen LogP contribution in [-0.2, 0) is 14.8 Å². The van der Waals surface area contributed by atoms with E-state index in [1.165, 1.54) is 16.4 Å². The summed E-state index contributed by atoms with van der Waals surface area (Å²) >= 11 is 0. The molecule has 0 atom stereocenters. The molecule has 0 saturated carbocycles. The first-order chi connectivity index (χ1) is 10.9. The minimum Gasteiger partial charge on any atom is -0.339 e. The molecule has 1 saturated heterocycles. The van der Waals surface area contributed by atoms with Gasteiger partial charge in [-0.3, -0.25) is 4.79 Å². The second-order valence-electron chi connectivity index (χ2n) is 5.28. The van der Waals surface area contributed by atoms with Gasteiger partial charge >= 0.3 is 5.69 Å². The van der Waals surface area contributed by atoms with Crippen molar-refractivity contribution in [1.29, 1.82) is 0 Å². The van der Waals surface area contributed by atoms with Crippen molar-refractivity contribution in [2.45, 2.75) is 4.90 Å². The number of benzene rings is 1. The first kappa shape index (κ1) is 15.7. The number of H-pyrrole nitrogens is 2. The van der Waals surface area contributed by atoms with E-state index >= 15 is 0 Å². The number of carbonyl (C=O) groups excluding carboxylic acids is 1. The number of fused-ring (bicyclic) bond motifs is 1. The lowest BCUT2D eigenvalue weighted by Crippen LogP contribution is -2.51. The fraction of sp³-hybridized carbons (Fsp3) is 0.385. The number of hydrogen-bond donors (Lipinski definition) is 3. The zero-order chi connectivity index (χ0) is 16.6. The van der Waals surface area contributed by atoms with Crippen LogP contribution in [0.4, 0.5) is 0 Å². The van der Waals surface area contributed by atoms with Crippen LogP contribution in [0.2, 0.25) is 0 Å². The SMILES string of the molecule is NCC(=O)N1CCN(S(=O)(=O)c2ccc3[nH]c(=O)[nH]c3c2)CC1. The van der Waals surface area contributed by atoms with Crippen LogP contribution in [0.5, 0.6) is 0 Å². The van der Waals surface area contributed by atoms with Gasteiger partial charge in [0.1, 0.15) is 0 Å². The van der Waals surface area contributed by atoms with Crippen LogP contribution in [0.15, 0.2) is 27.9 Å². The second-order valence-corrected chi connectivity index (χ2v) is 7.21. The summed E-state index contributed by atoms with van der Waals surface area (Å²) in [6.07, 6.45) is 0. The number of imidazole rings is 1. The zero-order valence-corrected chi connectivity index (χ0v) is 13.1. The third kappa shape index (κ3) is 2.87. The van der Waals surface area contributed by atoms with Gasteiger partial charge in [-0.1, -0.05) is 0 Å². The number of piperazine rings is 1. The highest BCUT2D eigenvalue weighted by molar-refractivity contribution is 7.89.